The molecular formula is C15H25N. The maximum Gasteiger partial charge on any atom is 0.00364 e. The normalized spacial score (nSPS) is 14.8. The molecule has 1 aromatic carbocycles. The van der Waals surface area contributed by atoms with Crippen molar-refractivity contribution >= 4 is 0 Å². The molecule has 16 heavy (non-hydrogen) atoms. The van der Waals surface area contributed by atoms with Crippen molar-refractivity contribution in [3.8, 4) is 0 Å². The third-order valence-corrected chi connectivity index (χ3v) is 3.59. The highest BCUT2D eigenvalue weighted by atomic mass is 14.6. The van der Waals surface area contributed by atoms with Gasteiger partial charge in [-0.2, -0.15) is 0 Å². The second kappa shape index (κ2) is 6.05. The molecule has 0 bridgehead atoms. The van der Waals surface area contributed by atoms with Gasteiger partial charge in [0.1, 0.15) is 0 Å². The van der Waals surface area contributed by atoms with Crippen molar-refractivity contribution in [2.75, 3.05) is 0 Å². The summed E-state index contributed by atoms with van der Waals surface area (Å²) in [5.74, 6) is 0.622. The largest absolute Gasteiger partial charge is 0.328 e. The Hall–Kier alpha value is -0.820. The first-order valence-electron chi connectivity index (χ1n) is 6.37. The maximum absolute atomic E-state index is 5.95. The van der Waals surface area contributed by atoms with Crippen molar-refractivity contribution in [3.63, 3.8) is 0 Å². The van der Waals surface area contributed by atoms with Crippen LogP contribution in [-0.2, 0) is 0 Å². The van der Waals surface area contributed by atoms with E-state index in [4.69, 9.17) is 5.73 Å². The Labute approximate surface area is 100 Å². The Kier molecular flexibility index (Phi) is 5.01. The van der Waals surface area contributed by atoms with Crippen molar-refractivity contribution in [3.05, 3.63) is 34.9 Å². The number of aryl methyl sites for hydroxylation is 2. The summed E-state index contributed by atoms with van der Waals surface area (Å²) < 4.78 is 0. The molecule has 0 saturated heterocycles. The molecule has 1 aromatic rings. The molecule has 0 aromatic heterocycles. The number of hydrogen-bond donors (Lipinski definition) is 1. The van der Waals surface area contributed by atoms with Crippen LogP contribution in [0, 0.1) is 13.8 Å². The quantitative estimate of drug-likeness (QED) is 0.798. The van der Waals surface area contributed by atoms with Gasteiger partial charge in [-0.25, -0.2) is 0 Å². The van der Waals surface area contributed by atoms with E-state index in [-0.39, 0.29) is 0 Å². The Morgan fingerprint density at radius 3 is 2.38 bits per heavy atom. The fraction of sp³-hybridized carbons (Fsp3) is 0.600. The molecule has 0 amide bonds. The van der Waals surface area contributed by atoms with E-state index in [1.165, 1.54) is 23.1 Å². The molecule has 1 heteroatoms. The lowest BCUT2D eigenvalue weighted by molar-refractivity contribution is 0.530. The number of benzene rings is 1. The molecule has 2 N–H and O–H groups in total. The van der Waals surface area contributed by atoms with Gasteiger partial charge in [-0.15, -0.1) is 0 Å². The third-order valence-electron chi connectivity index (χ3n) is 3.59. The fourth-order valence-corrected chi connectivity index (χ4v) is 1.91. The first-order chi connectivity index (χ1) is 7.54. The van der Waals surface area contributed by atoms with E-state index < -0.39 is 0 Å². The van der Waals surface area contributed by atoms with Crippen LogP contribution >= 0.6 is 0 Å². The summed E-state index contributed by atoms with van der Waals surface area (Å²) in [6, 6.07) is 7.16. The molecule has 0 saturated carbocycles. The predicted octanol–water partition coefficient (Wildman–Crippen LogP) is 3.92. The molecule has 2 atom stereocenters. The Morgan fingerprint density at radius 1 is 1.12 bits per heavy atom. The van der Waals surface area contributed by atoms with Gasteiger partial charge in [0.05, 0.1) is 0 Å². The van der Waals surface area contributed by atoms with Crippen molar-refractivity contribution in [2.45, 2.75) is 58.9 Å². The van der Waals surface area contributed by atoms with E-state index >= 15 is 0 Å². The summed E-state index contributed by atoms with van der Waals surface area (Å²) in [4.78, 5) is 0. The summed E-state index contributed by atoms with van der Waals surface area (Å²) in [6.07, 6.45) is 3.40. The van der Waals surface area contributed by atoms with Crippen molar-refractivity contribution < 1.29 is 0 Å². The maximum atomic E-state index is 5.95. The zero-order valence-corrected chi connectivity index (χ0v) is 11.1. The molecular weight excluding hydrogens is 194 g/mol. The summed E-state index contributed by atoms with van der Waals surface area (Å²) in [7, 11) is 0. The minimum atomic E-state index is 0.369. The van der Waals surface area contributed by atoms with E-state index in [9.17, 15) is 0 Å². The summed E-state index contributed by atoms with van der Waals surface area (Å²) in [6.45, 7) is 8.80. The van der Waals surface area contributed by atoms with Gasteiger partial charge in [-0.05, 0) is 55.7 Å². The van der Waals surface area contributed by atoms with Crippen LogP contribution in [0.25, 0.3) is 0 Å². The topological polar surface area (TPSA) is 26.0 Å². The SMILES string of the molecule is CCC(N)CCC(C)c1ccc(C)c(C)c1. The Bertz CT molecular complexity index is 330. The number of nitrogens with two attached hydrogens (primary N) is 1. The molecule has 0 aliphatic carbocycles. The first-order valence-corrected chi connectivity index (χ1v) is 6.37. The van der Waals surface area contributed by atoms with Crippen LogP contribution in [0.4, 0.5) is 0 Å². The molecule has 2 unspecified atom stereocenters. The highest BCUT2D eigenvalue weighted by Crippen LogP contribution is 2.23. The Balaban J connectivity index is 2.59. The minimum Gasteiger partial charge on any atom is -0.328 e. The van der Waals surface area contributed by atoms with Gasteiger partial charge in [-0.3, -0.25) is 0 Å². The molecule has 0 spiro atoms. The third kappa shape index (κ3) is 3.64. The Morgan fingerprint density at radius 2 is 1.81 bits per heavy atom. The zero-order valence-electron chi connectivity index (χ0n) is 11.1. The minimum absolute atomic E-state index is 0.369. The summed E-state index contributed by atoms with van der Waals surface area (Å²) >= 11 is 0. The van der Waals surface area contributed by atoms with Crippen LogP contribution in [0.1, 0.15) is 55.7 Å². The van der Waals surface area contributed by atoms with Gasteiger partial charge in [0.2, 0.25) is 0 Å². The lowest BCUT2D eigenvalue weighted by atomic mass is 9.92. The monoisotopic (exact) mass is 219 g/mol. The van der Waals surface area contributed by atoms with Crippen LogP contribution in [-0.4, -0.2) is 6.04 Å². The predicted molar refractivity (Wildman–Crippen MR) is 71.8 cm³/mol. The van der Waals surface area contributed by atoms with Crippen LogP contribution in [0.2, 0.25) is 0 Å². The average molecular weight is 219 g/mol. The highest BCUT2D eigenvalue weighted by Gasteiger charge is 2.08. The molecule has 0 fully saturated rings. The van der Waals surface area contributed by atoms with Crippen molar-refractivity contribution in [2.24, 2.45) is 5.73 Å². The van der Waals surface area contributed by atoms with E-state index in [1.807, 2.05) is 0 Å². The lowest BCUT2D eigenvalue weighted by Crippen LogP contribution is -2.18. The molecule has 0 radical (unpaired) electrons. The molecule has 1 nitrogen and oxygen atoms in total. The van der Waals surface area contributed by atoms with E-state index in [0.717, 1.165) is 12.8 Å². The number of rotatable bonds is 5. The van der Waals surface area contributed by atoms with Gasteiger partial charge in [0, 0.05) is 6.04 Å². The van der Waals surface area contributed by atoms with Crippen LogP contribution < -0.4 is 5.73 Å². The summed E-state index contributed by atoms with van der Waals surface area (Å²) in [5.41, 5.74) is 10.2. The van der Waals surface area contributed by atoms with Gasteiger partial charge in [0.25, 0.3) is 0 Å². The fourth-order valence-electron chi connectivity index (χ4n) is 1.91. The summed E-state index contributed by atoms with van der Waals surface area (Å²) in [5, 5.41) is 0. The van der Waals surface area contributed by atoms with Gasteiger partial charge in [-0.1, -0.05) is 32.0 Å². The molecule has 0 heterocycles. The van der Waals surface area contributed by atoms with E-state index in [0.29, 0.717) is 12.0 Å². The zero-order chi connectivity index (χ0) is 12.1. The second-order valence-electron chi connectivity index (χ2n) is 4.99. The van der Waals surface area contributed by atoms with Crippen molar-refractivity contribution in [1.82, 2.24) is 0 Å². The van der Waals surface area contributed by atoms with E-state index in [1.54, 1.807) is 0 Å². The standard InChI is InChI=1S/C15H25N/c1-5-15(16)9-7-12(3)14-8-6-11(2)13(4)10-14/h6,8,10,12,15H,5,7,9,16H2,1-4H3. The first kappa shape index (κ1) is 13.2. The molecule has 90 valence electrons. The van der Waals surface area contributed by atoms with Gasteiger partial charge in [0.15, 0.2) is 0 Å². The lowest BCUT2D eigenvalue weighted by Gasteiger charge is -2.16. The molecule has 0 aliphatic rings. The smallest absolute Gasteiger partial charge is 0.00364 e. The van der Waals surface area contributed by atoms with Crippen LogP contribution in [0.3, 0.4) is 0 Å². The van der Waals surface area contributed by atoms with Gasteiger partial charge < -0.3 is 5.73 Å². The van der Waals surface area contributed by atoms with Crippen molar-refractivity contribution in [1.29, 1.82) is 0 Å². The molecule has 0 aliphatic heterocycles. The number of hydrogen-bond acceptors (Lipinski definition) is 1. The van der Waals surface area contributed by atoms with Gasteiger partial charge >= 0.3 is 0 Å². The highest BCUT2D eigenvalue weighted by molar-refractivity contribution is 5.31. The average Bonchev–Trinajstić information content (AvgIpc) is 2.29. The second-order valence-corrected chi connectivity index (χ2v) is 4.99. The van der Waals surface area contributed by atoms with E-state index in [2.05, 4.69) is 45.9 Å². The van der Waals surface area contributed by atoms with Crippen LogP contribution in [0.5, 0.6) is 0 Å². The van der Waals surface area contributed by atoms with Crippen LogP contribution in [0.15, 0.2) is 18.2 Å². The molecule has 1 rings (SSSR count).